The first-order valence-corrected chi connectivity index (χ1v) is 10.4. The van der Waals surface area contributed by atoms with Gasteiger partial charge in [0.1, 0.15) is 12.4 Å². The van der Waals surface area contributed by atoms with Crippen LogP contribution in [0.5, 0.6) is 11.6 Å². The summed E-state index contributed by atoms with van der Waals surface area (Å²) in [7, 11) is 0. The summed E-state index contributed by atoms with van der Waals surface area (Å²) in [4.78, 5) is 32.4. The largest absolute Gasteiger partial charge is 0.490 e. The molecule has 8 nitrogen and oxygen atoms in total. The van der Waals surface area contributed by atoms with Crippen LogP contribution in [-0.2, 0) is 16.1 Å². The minimum Gasteiger partial charge on any atom is -0.490 e. The van der Waals surface area contributed by atoms with Gasteiger partial charge in [0, 0.05) is 17.8 Å². The van der Waals surface area contributed by atoms with Gasteiger partial charge in [-0.1, -0.05) is 29.1 Å². The third-order valence-corrected chi connectivity index (χ3v) is 5.18. The van der Waals surface area contributed by atoms with Gasteiger partial charge in [-0.15, -0.1) is 0 Å². The van der Waals surface area contributed by atoms with E-state index in [0.717, 1.165) is 22.9 Å². The summed E-state index contributed by atoms with van der Waals surface area (Å²) >= 11 is 1.03. The molecular weight excluding hydrogens is 406 g/mol. The lowest BCUT2D eigenvalue weighted by Gasteiger charge is -2.08. The number of aromatic nitrogens is 1. The molecule has 1 aromatic carbocycles. The van der Waals surface area contributed by atoms with E-state index in [1.54, 1.807) is 12.3 Å². The van der Waals surface area contributed by atoms with Crippen LogP contribution in [0.3, 0.4) is 0 Å². The normalized spacial score (nSPS) is 16.3. The Bertz CT molecular complexity index is 900. The van der Waals surface area contributed by atoms with Gasteiger partial charge in [0.25, 0.3) is 5.24 Å². The summed E-state index contributed by atoms with van der Waals surface area (Å²) in [5.41, 5.74) is 2.53. The van der Waals surface area contributed by atoms with Gasteiger partial charge >= 0.3 is 0 Å². The molecule has 0 aliphatic carbocycles. The second-order valence-corrected chi connectivity index (χ2v) is 7.58. The molecule has 1 saturated heterocycles. The minimum atomic E-state index is -0.371. The zero-order valence-corrected chi connectivity index (χ0v) is 17.6. The van der Waals surface area contributed by atoms with E-state index in [4.69, 9.17) is 14.3 Å². The summed E-state index contributed by atoms with van der Waals surface area (Å²) in [6.45, 7) is 4.96. The maximum absolute atomic E-state index is 11.6. The Labute approximate surface area is 179 Å². The van der Waals surface area contributed by atoms with Crippen LogP contribution in [0.2, 0.25) is 0 Å². The van der Waals surface area contributed by atoms with E-state index >= 15 is 0 Å². The van der Waals surface area contributed by atoms with E-state index in [-0.39, 0.29) is 16.4 Å². The lowest BCUT2D eigenvalue weighted by atomic mass is 10.1. The summed E-state index contributed by atoms with van der Waals surface area (Å²) < 4.78 is 11.0. The number of pyridine rings is 1. The molecule has 0 bridgehead atoms. The van der Waals surface area contributed by atoms with Crippen molar-refractivity contribution in [1.29, 1.82) is 0 Å². The van der Waals surface area contributed by atoms with Crippen molar-refractivity contribution in [3.8, 4) is 11.6 Å². The number of rotatable bonds is 10. The van der Waals surface area contributed by atoms with Gasteiger partial charge < -0.3 is 14.3 Å². The number of ether oxygens (including phenoxy) is 2. The molecule has 1 N–H and O–H groups in total. The summed E-state index contributed by atoms with van der Waals surface area (Å²) in [5.74, 6) is 1.03. The van der Waals surface area contributed by atoms with Gasteiger partial charge in [-0.25, -0.2) is 4.98 Å². The van der Waals surface area contributed by atoms with Gasteiger partial charge in [0.05, 0.1) is 17.6 Å². The number of carbonyl (C=O) groups is 2. The third-order valence-electron chi connectivity index (χ3n) is 4.20. The number of imide groups is 1. The highest BCUT2D eigenvalue weighted by Gasteiger charge is 2.31. The molecular formula is C21H23N3O5S. The Hall–Kier alpha value is -3.07. The summed E-state index contributed by atoms with van der Waals surface area (Å²) in [5, 5.41) is 5.70. The minimum absolute atomic E-state index is 0.237. The molecule has 2 aromatic rings. The lowest BCUT2D eigenvalue weighted by Crippen LogP contribution is -2.25. The number of nitrogens with one attached hydrogen (secondary N) is 1. The molecule has 158 valence electrons. The summed E-state index contributed by atoms with van der Waals surface area (Å²) in [6.07, 6.45) is 2.19. The van der Waals surface area contributed by atoms with Gasteiger partial charge in [-0.05, 0) is 44.0 Å². The highest BCUT2D eigenvalue weighted by molar-refractivity contribution is 8.15. The number of oxime groups is 1. The second kappa shape index (κ2) is 10.6. The average molecular weight is 429 g/mol. The smallest absolute Gasteiger partial charge is 0.286 e. The maximum atomic E-state index is 11.6. The molecule has 0 radical (unpaired) electrons. The fraction of sp³-hybridized carbons (Fsp3) is 0.333. The molecule has 1 aliphatic rings. The number of carbonyl (C=O) groups excluding carboxylic acids is 2. The number of amides is 2. The van der Waals surface area contributed by atoms with E-state index in [2.05, 4.69) is 15.5 Å². The zero-order valence-electron chi connectivity index (χ0n) is 16.8. The van der Waals surface area contributed by atoms with Crippen molar-refractivity contribution < 1.29 is 23.9 Å². The average Bonchev–Trinajstić information content (AvgIpc) is 3.06. The van der Waals surface area contributed by atoms with Crippen molar-refractivity contribution >= 4 is 28.6 Å². The van der Waals surface area contributed by atoms with Crippen LogP contribution >= 0.6 is 11.8 Å². The summed E-state index contributed by atoms with van der Waals surface area (Å²) in [6, 6.07) is 11.1. The number of thioether (sulfide) groups is 1. The fourth-order valence-corrected chi connectivity index (χ4v) is 3.54. The number of nitrogens with zero attached hydrogens (tertiary/aromatic N) is 2. The van der Waals surface area contributed by atoms with Gasteiger partial charge in [-0.3, -0.25) is 14.9 Å². The number of hydrogen-bond donors (Lipinski definition) is 1. The third kappa shape index (κ3) is 6.21. The van der Waals surface area contributed by atoms with Crippen LogP contribution in [0.1, 0.15) is 25.0 Å². The molecule has 1 unspecified atom stereocenters. The van der Waals surface area contributed by atoms with Crippen molar-refractivity contribution in [2.24, 2.45) is 5.16 Å². The van der Waals surface area contributed by atoms with Crippen LogP contribution in [0.25, 0.3) is 0 Å². The Morgan fingerprint density at radius 2 is 1.93 bits per heavy atom. The van der Waals surface area contributed by atoms with Crippen molar-refractivity contribution in [1.82, 2.24) is 10.3 Å². The predicted molar refractivity (Wildman–Crippen MR) is 114 cm³/mol. The quantitative estimate of drug-likeness (QED) is 0.352. The Morgan fingerprint density at radius 3 is 2.57 bits per heavy atom. The number of benzene rings is 1. The monoisotopic (exact) mass is 429 g/mol. The highest BCUT2D eigenvalue weighted by Crippen LogP contribution is 2.23. The van der Waals surface area contributed by atoms with E-state index in [0.29, 0.717) is 43.6 Å². The predicted octanol–water partition coefficient (Wildman–Crippen LogP) is 3.19. The van der Waals surface area contributed by atoms with Crippen LogP contribution < -0.4 is 14.8 Å². The molecule has 1 atom stereocenters. The van der Waals surface area contributed by atoms with Gasteiger partial charge in [-0.2, -0.15) is 0 Å². The van der Waals surface area contributed by atoms with Crippen LogP contribution in [0.15, 0.2) is 47.8 Å². The number of hydrogen-bond acceptors (Lipinski definition) is 8. The molecule has 30 heavy (non-hydrogen) atoms. The molecule has 0 spiro atoms. The van der Waals surface area contributed by atoms with E-state index in [9.17, 15) is 9.59 Å². The van der Waals surface area contributed by atoms with E-state index in [1.807, 2.05) is 44.2 Å². The van der Waals surface area contributed by atoms with Crippen molar-refractivity contribution in [2.75, 3.05) is 19.8 Å². The van der Waals surface area contributed by atoms with Gasteiger partial charge in [0.15, 0.2) is 6.61 Å². The first kappa shape index (κ1) is 21.6. The molecule has 1 aromatic heterocycles. The van der Waals surface area contributed by atoms with Crippen LogP contribution in [0.4, 0.5) is 4.79 Å². The maximum Gasteiger partial charge on any atom is 0.286 e. The Balaban J connectivity index is 1.39. The second-order valence-electron chi connectivity index (χ2n) is 6.41. The molecule has 0 saturated carbocycles. The van der Waals surface area contributed by atoms with Crippen LogP contribution in [-0.4, -0.2) is 46.9 Å². The molecule has 2 heterocycles. The Morgan fingerprint density at radius 1 is 1.13 bits per heavy atom. The lowest BCUT2D eigenvalue weighted by molar-refractivity contribution is -0.118. The SMILES string of the molecule is CCOc1ccc(/C(C)=N\OCCOc2ccc(CC3SC(=O)NC3=O)cc2)cn1. The van der Waals surface area contributed by atoms with Gasteiger partial charge in [0.2, 0.25) is 11.8 Å². The van der Waals surface area contributed by atoms with Crippen LogP contribution in [0, 0.1) is 0 Å². The van der Waals surface area contributed by atoms with Crippen molar-refractivity contribution in [2.45, 2.75) is 25.5 Å². The first-order chi connectivity index (χ1) is 14.5. The first-order valence-electron chi connectivity index (χ1n) is 9.54. The van der Waals surface area contributed by atoms with E-state index in [1.165, 1.54) is 0 Å². The zero-order chi connectivity index (χ0) is 21.3. The fourth-order valence-electron chi connectivity index (χ4n) is 2.68. The molecule has 1 fully saturated rings. The Kier molecular flexibility index (Phi) is 7.67. The standard InChI is InChI=1S/C21H23N3O5S/c1-3-27-19-9-6-16(13-22-19)14(2)24-29-11-10-28-17-7-4-15(5-8-17)12-18-20(25)23-21(26)30-18/h4-9,13,18H,3,10-12H2,1-2H3,(H,23,25,26)/b24-14-. The topological polar surface area (TPSA) is 99.1 Å². The van der Waals surface area contributed by atoms with Crippen molar-refractivity contribution in [3.63, 3.8) is 0 Å². The van der Waals surface area contributed by atoms with E-state index < -0.39 is 0 Å². The molecule has 1 aliphatic heterocycles. The molecule has 2 amide bonds. The highest BCUT2D eigenvalue weighted by atomic mass is 32.2. The molecule has 3 rings (SSSR count). The molecule has 9 heteroatoms. The van der Waals surface area contributed by atoms with Crippen molar-refractivity contribution in [3.05, 3.63) is 53.7 Å².